The Hall–Kier alpha value is -3.05. The zero-order valence-electron chi connectivity index (χ0n) is 15.0. The number of hydrogen-bond acceptors (Lipinski definition) is 4. The van der Waals surface area contributed by atoms with Crippen LogP contribution in [0.5, 0.6) is 11.5 Å². The van der Waals surface area contributed by atoms with Crippen molar-refractivity contribution in [2.75, 3.05) is 13.7 Å². The number of fused-ring (bicyclic) bond motifs is 1. The summed E-state index contributed by atoms with van der Waals surface area (Å²) < 4.78 is 10.8. The number of hydrogen-bond donors (Lipinski definition) is 1. The van der Waals surface area contributed by atoms with Crippen molar-refractivity contribution in [3.05, 3.63) is 70.7 Å². The molecule has 5 nitrogen and oxygen atoms in total. The van der Waals surface area contributed by atoms with E-state index in [1.54, 1.807) is 31.5 Å². The van der Waals surface area contributed by atoms with Crippen molar-refractivity contribution < 1.29 is 14.3 Å². The van der Waals surface area contributed by atoms with E-state index in [0.29, 0.717) is 10.8 Å². The minimum Gasteiger partial charge on any atom is -0.496 e. The van der Waals surface area contributed by atoms with Crippen molar-refractivity contribution in [2.24, 2.45) is 5.10 Å². The van der Waals surface area contributed by atoms with Crippen molar-refractivity contribution in [2.45, 2.75) is 6.92 Å². The number of aryl methyl sites for hydroxylation is 1. The van der Waals surface area contributed by atoms with E-state index in [1.807, 2.05) is 43.3 Å². The van der Waals surface area contributed by atoms with Gasteiger partial charge in [0.2, 0.25) is 0 Å². The average molecular weight is 383 g/mol. The fourth-order valence-corrected chi connectivity index (χ4v) is 2.76. The number of carbonyl (C=O) groups is 1. The third-order valence-corrected chi connectivity index (χ3v) is 4.45. The van der Waals surface area contributed by atoms with Gasteiger partial charge < -0.3 is 9.47 Å². The highest BCUT2D eigenvalue weighted by molar-refractivity contribution is 6.31. The molecule has 138 valence electrons. The van der Waals surface area contributed by atoms with Crippen LogP contribution in [0, 0.1) is 6.92 Å². The summed E-state index contributed by atoms with van der Waals surface area (Å²) in [6.45, 7) is 1.74. The largest absolute Gasteiger partial charge is 0.496 e. The van der Waals surface area contributed by atoms with Crippen molar-refractivity contribution in [1.29, 1.82) is 0 Å². The monoisotopic (exact) mass is 382 g/mol. The number of benzene rings is 3. The van der Waals surface area contributed by atoms with E-state index in [9.17, 15) is 4.79 Å². The van der Waals surface area contributed by atoms with Gasteiger partial charge in [0.25, 0.3) is 5.91 Å². The van der Waals surface area contributed by atoms with Gasteiger partial charge in [-0.15, -0.1) is 0 Å². The first kappa shape index (κ1) is 18.7. The van der Waals surface area contributed by atoms with Crippen LogP contribution in [0.25, 0.3) is 10.8 Å². The summed E-state index contributed by atoms with van der Waals surface area (Å²) in [6, 6.07) is 16.8. The Morgan fingerprint density at radius 2 is 1.93 bits per heavy atom. The highest BCUT2D eigenvalue weighted by Crippen LogP contribution is 2.27. The highest BCUT2D eigenvalue weighted by Gasteiger charge is 2.05. The molecule has 0 saturated carbocycles. The van der Waals surface area contributed by atoms with Gasteiger partial charge in [-0.05, 0) is 48.2 Å². The van der Waals surface area contributed by atoms with E-state index >= 15 is 0 Å². The normalized spacial score (nSPS) is 10.9. The minimum absolute atomic E-state index is 0.137. The van der Waals surface area contributed by atoms with E-state index < -0.39 is 0 Å². The van der Waals surface area contributed by atoms with Gasteiger partial charge in [0.15, 0.2) is 6.61 Å². The molecule has 1 amide bonds. The predicted molar refractivity (Wildman–Crippen MR) is 108 cm³/mol. The standard InChI is InChI=1S/C21H19ClN2O3/c1-14-11-16(8-9-19(14)22)27-13-21(25)24-23-12-15-7-10-20(26-2)18-6-4-3-5-17(15)18/h3-12H,13H2,1-2H3,(H,24,25). The lowest BCUT2D eigenvalue weighted by molar-refractivity contribution is -0.123. The molecule has 0 radical (unpaired) electrons. The van der Waals surface area contributed by atoms with Crippen molar-refractivity contribution in [3.63, 3.8) is 0 Å². The van der Waals surface area contributed by atoms with Crippen LogP contribution in [0.15, 0.2) is 59.7 Å². The molecule has 3 rings (SSSR count). The molecule has 0 aliphatic carbocycles. The number of nitrogens with zero attached hydrogens (tertiary/aromatic N) is 1. The van der Waals surface area contributed by atoms with E-state index in [2.05, 4.69) is 10.5 Å². The Morgan fingerprint density at radius 1 is 1.15 bits per heavy atom. The van der Waals surface area contributed by atoms with Crippen LogP contribution in [0.3, 0.4) is 0 Å². The number of ether oxygens (including phenoxy) is 2. The molecule has 1 N–H and O–H groups in total. The Bertz CT molecular complexity index is 1000. The maximum absolute atomic E-state index is 11.9. The SMILES string of the molecule is COc1ccc(C=NNC(=O)COc2ccc(Cl)c(C)c2)c2ccccc12. The van der Waals surface area contributed by atoms with E-state index in [4.69, 9.17) is 21.1 Å². The van der Waals surface area contributed by atoms with Crippen LogP contribution in [0.1, 0.15) is 11.1 Å². The van der Waals surface area contributed by atoms with Crippen LogP contribution in [0.2, 0.25) is 5.02 Å². The van der Waals surface area contributed by atoms with Crippen LogP contribution in [-0.2, 0) is 4.79 Å². The topological polar surface area (TPSA) is 59.9 Å². The van der Waals surface area contributed by atoms with Gasteiger partial charge in [0, 0.05) is 16.0 Å². The molecule has 3 aromatic carbocycles. The molecule has 0 aliphatic rings. The molecule has 27 heavy (non-hydrogen) atoms. The first-order chi connectivity index (χ1) is 13.1. The van der Waals surface area contributed by atoms with Gasteiger partial charge in [-0.3, -0.25) is 4.79 Å². The molecule has 0 spiro atoms. The predicted octanol–water partition coefficient (Wildman–Crippen LogP) is 4.34. The summed E-state index contributed by atoms with van der Waals surface area (Å²) in [4.78, 5) is 11.9. The fourth-order valence-electron chi connectivity index (χ4n) is 2.65. The summed E-state index contributed by atoms with van der Waals surface area (Å²) in [5.74, 6) is 1.02. The Kier molecular flexibility index (Phi) is 5.94. The number of hydrazone groups is 1. The zero-order chi connectivity index (χ0) is 19.2. The second-order valence-corrected chi connectivity index (χ2v) is 6.30. The average Bonchev–Trinajstić information content (AvgIpc) is 2.69. The maximum Gasteiger partial charge on any atom is 0.277 e. The van der Waals surface area contributed by atoms with E-state index in [0.717, 1.165) is 27.6 Å². The Morgan fingerprint density at radius 3 is 2.67 bits per heavy atom. The number of nitrogens with one attached hydrogen (secondary N) is 1. The third-order valence-electron chi connectivity index (χ3n) is 4.03. The van der Waals surface area contributed by atoms with Crippen LogP contribution < -0.4 is 14.9 Å². The molecule has 0 fully saturated rings. The molecular formula is C21H19ClN2O3. The summed E-state index contributed by atoms with van der Waals surface area (Å²) in [5.41, 5.74) is 4.23. The fraction of sp³-hybridized carbons (Fsp3) is 0.143. The number of rotatable bonds is 6. The van der Waals surface area contributed by atoms with Crippen molar-refractivity contribution in [1.82, 2.24) is 5.43 Å². The van der Waals surface area contributed by atoms with Gasteiger partial charge in [-0.25, -0.2) is 5.43 Å². The Labute approximate surface area is 162 Å². The lowest BCUT2D eigenvalue weighted by atomic mass is 10.0. The quantitative estimate of drug-likeness (QED) is 0.509. The summed E-state index contributed by atoms with van der Waals surface area (Å²) in [7, 11) is 1.64. The molecule has 0 aliphatic heterocycles. The first-order valence-electron chi connectivity index (χ1n) is 8.35. The van der Waals surface area contributed by atoms with Crippen LogP contribution in [-0.4, -0.2) is 25.8 Å². The summed E-state index contributed by atoms with van der Waals surface area (Å²) >= 11 is 5.97. The van der Waals surface area contributed by atoms with Gasteiger partial charge in [0.1, 0.15) is 11.5 Å². The number of carbonyl (C=O) groups excluding carboxylic acids is 1. The lowest BCUT2D eigenvalue weighted by Crippen LogP contribution is -2.24. The number of methoxy groups -OCH3 is 1. The molecule has 0 aromatic heterocycles. The molecule has 0 bridgehead atoms. The van der Waals surface area contributed by atoms with E-state index in [1.165, 1.54) is 0 Å². The minimum atomic E-state index is -0.350. The second-order valence-electron chi connectivity index (χ2n) is 5.90. The molecule has 6 heteroatoms. The smallest absolute Gasteiger partial charge is 0.277 e. The third kappa shape index (κ3) is 4.57. The van der Waals surface area contributed by atoms with Crippen molar-refractivity contribution >= 4 is 34.5 Å². The van der Waals surface area contributed by atoms with Gasteiger partial charge >= 0.3 is 0 Å². The molecular weight excluding hydrogens is 364 g/mol. The van der Waals surface area contributed by atoms with Gasteiger partial charge in [-0.2, -0.15) is 5.10 Å². The van der Waals surface area contributed by atoms with Crippen molar-refractivity contribution in [3.8, 4) is 11.5 Å². The molecule has 0 unspecified atom stereocenters. The summed E-state index contributed by atoms with van der Waals surface area (Å²) in [6.07, 6.45) is 1.60. The van der Waals surface area contributed by atoms with Crippen LogP contribution in [0.4, 0.5) is 0 Å². The number of halogens is 1. The highest BCUT2D eigenvalue weighted by atomic mass is 35.5. The second kappa shape index (κ2) is 8.56. The van der Waals surface area contributed by atoms with E-state index in [-0.39, 0.29) is 12.5 Å². The zero-order valence-corrected chi connectivity index (χ0v) is 15.8. The molecule has 0 heterocycles. The summed E-state index contributed by atoms with van der Waals surface area (Å²) in [5, 5.41) is 6.65. The molecule has 0 atom stereocenters. The molecule has 3 aromatic rings. The Balaban J connectivity index is 1.62. The van der Waals surface area contributed by atoms with Crippen LogP contribution >= 0.6 is 11.6 Å². The lowest BCUT2D eigenvalue weighted by Gasteiger charge is -2.08. The first-order valence-corrected chi connectivity index (χ1v) is 8.73. The molecule has 0 saturated heterocycles. The van der Waals surface area contributed by atoms with Gasteiger partial charge in [-0.1, -0.05) is 35.9 Å². The number of amides is 1. The maximum atomic E-state index is 11.9. The van der Waals surface area contributed by atoms with Gasteiger partial charge in [0.05, 0.1) is 13.3 Å².